The standard InChI is InChI=1S/C15H19N3O2/c1-10(2)5-11-3-4-12(7-16)14(6-11)18-8-13(9-18)17-15(19)20/h3-4,6,10,13,17H,5,8-9H2,1-2H3,(H,19,20). The maximum atomic E-state index is 10.6. The molecule has 1 amide bonds. The van der Waals surface area contributed by atoms with Crippen LogP contribution in [-0.2, 0) is 6.42 Å². The third kappa shape index (κ3) is 3.21. The van der Waals surface area contributed by atoms with Crippen LogP contribution in [0.15, 0.2) is 18.2 Å². The van der Waals surface area contributed by atoms with Gasteiger partial charge in [-0.2, -0.15) is 5.26 Å². The largest absolute Gasteiger partial charge is 0.465 e. The maximum absolute atomic E-state index is 10.6. The van der Waals surface area contributed by atoms with Gasteiger partial charge < -0.3 is 15.3 Å². The first-order chi connectivity index (χ1) is 9.49. The number of nitrogens with zero attached hydrogens (tertiary/aromatic N) is 2. The van der Waals surface area contributed by atoms with Crippen molar-refractivity contribution in [3.8, 4) is 6.07 Å². The van der Waals surface area contributed by atoms with Gasteiger partial charge in [0.25, 0.3) is 0 Å². The lowest BCUT2D eigenvalue weighted by Crippen LogP contribution is -2.59. The molecule has 0 radical (unpaired) electrons. The highest BCUT2D eigenvalue weighted by Gasteiger charge is 2.29. The molecule has 5 nitrogen and oxygen atoms in total. The summed E-state index contributed by atoms with van der Waals surface area (Å²) in [6, 6.07) is 8.05. The van der Waals surface area contributed by atoms with Crippen molar-refractivity contribution >= 4 is 11.8 Å². The smallest absolute Gasteiger partial charge is 0.405 e. The molecule has 0 bridgehead atoms. The van der Waals surface area contributed by atoms with Crippen LogP contribution in [0.1, 0.15) is 25.0 Å². The van der Waals surface area contributed by atoms with E-state index in [-0.39, 0.29) is 6.04 Å². The highest BCUT2D eigenvalue weighted by atomic mass is 16.4. The normalized spacial score (nSPS) is 14.8. The first-order valence-electron chi connectivity index (χ1n) is 6.77. The number of hydrogen-bond donors (Lipinski definition) is 2. The van der Waals surface area contributed by atoms with Crippen molar-refractivity contribution in [2.45, 2.75) is 26.3 Å². The van der Waals surface area contributed by atoms with Crippen molar-refractivity contribution in [3.05, 3.63) is 29.3 Å². The van der Waals surface area contributed by atoms with Crippen molar-refractivity contribution in [2.24, 2.45) is 5.92 Å². The van der Waals surface area contributed by atoms with E-state index in [2.05, 4.69) is 31.3 Å². The molecular formula is C15H19N3O2. The average Bonchev–Trinajstić information content (AvgIpc) is 2.32. The molecule has 2 N–H and O–H groups in total. The number of carboxylic acid groups (broad SMARTS) is 1. The Morgan fingerprint density at radius 3 is 2.80 bits per heavy atom. The average molecular weight is 273 g/mol. The molecule has 1 aromatic rings. The molecule has 5 heteroatoms. The van der Waals surface area contributed by atoms with E-state index in [0.717, 1.165) is 12.1 Å². The van der Waals surface area contributed by atoms with Gasteiger partial charge in [-0.15, -0.1) is 0 Å². The number of amides is 1. The zero-order chi connectivity index (χ0) is 14.7. The summed E-state index contributed by atoms with van der Waals surface area (Å²) in [6.07, 6.45) is -0.0210. The van der Waals surface area contributed by atoms with Crippen LogP contribution in [0.4, 0.5) is 10.5 Å². The van der Waals surface area contributed by atoms with Gasteiger partial charge in [-0.25, -0.2) is 4.79 Å². The quantitative estimate of drug-likeness (QED) is 0.881. The molecule has 0 unspecified atom stereocenters. The van der Waals surface area contributed by atoms with E-state index in [4.69, 9.17) is 5.11 Å². The van der Waals surface area contributed by atoms with Crippen LogP contribution in [0.3, 0.4) is 0 Å². The Hall–Kier alpha value is -2.22. The number of hydrogen-bond acceptors (Lipinski definition) is 3. The third-order valence-electron chi connectivity index (χ3n) is 3.38. The molecule has 2 rings (SSSR count). The van der Waals surface area contributed by atoms with E-state index < -0.39 is 6.09 Å². The molecule has 0 spiro atoms. The Bertz CT molecular complexity index is 543. The maximum Gasteiger partial charge on any atom is 0.405 e. The Morgan fingerprint density at radius 1 is 1.55 bits per heavy atom. The summed E-state index contributed by atoms with van der Waals surface area (Å²) in [5, 5.41) is 20.3. The van der Waals surface area contributed by atoms with E-state index in [1.807, 2.05) is 17.0 Å². The molecule has 106 valence electrons. The van der Waals surface area contributed by atoms with Gasteiger partial charge in [-0.3, -0.25) is 0 Å². The van der Waals surface area contributed by atoms with Crippen LogP contribution in [0, 0.1) is 17.2 Å². The van der Waals surface area contributed by atoms with E-state index in [1.165, 1.54) is 5.56 Å². The lowest BCUT2D eigenvalue weighted by atomic mass is 9.98. The van der Waals surface area contributed by atoms with Crippen LogP contribution in [0.25, 0.3) is 0 Å². The summed E-state index contributed by atoms with van der Waals surface area (Å²) >= 11 is 0. The zero-order valence-electron chi connectivity index (χ0n) is 11.8. The summed E-state index contributed by atoms with van der Waals surface area (Å²) < 4.78 is 0. The second-order valence-electron chi connectivity index (χ2n) is 5.61. The van der Waals surface area contributed by atoms with E-state index >= 15 is 0 Å². The van der Waals surface area contributed by atoms with Gasteiger partial charge in [0, 0.05) is 13.1 Å². The van der Waals surface area contributed by atoms with E-state index in [9.17, 15) is 10.1 Å². The molecule has 1 aromatic carbocycles. The molecule has 0 saturated carbocycles. The van der Waals surface area contributed by atoms with Gasteiger partial charge in [0.1, 0.15) is 6.07 Å². The van der Waals surface area contributed by atoms with E-state index in [1.54, 1.807) is 0 Å². The summed E-state index contributed by atoms with van der Waals surface area (Å²) in [7, 11) is 0. The molecule has 1 aliphatic heterocycles. The topological polar surface area (TPSA) is 76.4 Å². The predicted molar refractivity (Wildman–Crippen MR) is 76.9 cm³/mol. The molecule has 0 aromatic heterocycles. The van der Waals surface area contributed by atoms with Crippen molar-refractivity contribution < 1.29 is 9.90 Å². The number of nitrogens with one attached hydrogen (secondary N) is 1. The molecule has 0 atom stereocenters. The number of benzene rings is 1. The van der Waals surface area contributed by atoms with Crippen LogP contribution in [-0.4, -0.2) is 30.3 Å². The van der Waals surface area contributed by atoms with Crippen molar-refractivity contribution in [2.75, 3.05) is 18.0 Å². The number of anilines is 1. The molecule has 1 aliphatic rings. The zero-order valence-corrected chi connectivity index (χ0v) is 11.8. The fourth-order valence-electron chi connectivity index (χ4n) is 2.47. The minimum Gasteiger partial charge on any atom is -0.465 e. The first kappa shape index (κ1) is 14.2. The molecule has 0 aliphatic carbocycles. The minimum absolute atomic E-state index is 0.0483. The fraction of sp³-hybridized carbons (Fsp3) is 0.467. The summed E-state index contributed by atoms with van der Waals surface area (Å²) in [5.41, 5.74) is 2.77. The lowest BCUT2D eigenvalue weighted by molar-refractivity contribution is 0.187. The predicted octanol–water partition coefficient (Wildman–Crippen LogP) is 2.21. The Morgan fingerprint density at radius 2 is 2.25 bits per heavy atom. The second-order valence-corrected chi connectivity index (χ2v) is 5.61. The summed E-state index contributed by atoms with van der Waals surface area (Å²) in [5.74, 6) is 0.564. The van der Waals surface area contributed by atoms with Crippen LogP contribution in [0.2, 0.25) is 0 Å². The number of nitriles is 1. The summed E-state index contributed by atoms with van der Waals surface area (Å²) in [6.45, 7) is 5.56. The Balaban J connectivity index is 2.11. The van der Waals surface area contributed by atoms with Gasteiger partial charge in [0.2, 0.25) is 0 Å². The first-order valence-corrected chi connectivity index (χ1v) is 6.77. The second kappa shape index (κ2) is 5.83. The highest BCUT2D eigenvalue weighted by molar-refractivity contribution is 5.67. The SMILES string of the molecule is CC(C)Cc1ccc(C#N)c(N2CC(NC(=O)O)C2)c1. The number of carbonyl (C=O) groups is 1. The van der Waals surface area contributed by atoms with Crippen LogP contribution in [0.5, 0.6) is 0 Å². The molecular weight excluding hydrogens is 254 g/mol. The lowest BCUT2D eigenvalue weighted by Gasteiger charge is -2.41. The van der Waals surface area contributed by atoms with Crippen molar-refractivity contribution in [3.63, 3.8) is 0 Å². The van der Waals surface area contributed by atoms with Gasteiger partial charge in [0.15, 0.2) is 0 Å². The van der Waals surface area contributed by atoms with Gasteiger partial charge in [-0.1, -0.05) is 19.9 Å². The van der Waals surface area contributed by atoms with Gasteiger partial charge in [0.05, 0.1) is 17.3 Å². The molecule has 20 heavy (non-hydrogen) atoms. The molecule has 1 saturated heterocycles. The summed E-state index contributed by atoms with van der Waals surface area (Å²) in [4.78, 5) is 12.6. The van der Waals surface area contributed by atoms with Gasteiger partial charge >= 0.3 is 6.09 Å². The van der Waals surface area contributed by atoms with Crippen LogP contribution < -0.4 is 10.2 Å². The van der Waals surface area contributed by atoms with Crippen LogP contribution >= 0.6 is 0 Å². The molecule has 1 fully saturated rings. The Labute approximate surface area is 118 Å². The third-order valence-corrected chi connectivity index (χ3v) is 3.38. The molecule has 1 heterocycles. The monoisotopic (exact) mass is 273 g/mol. The Kier molecular flexibility index (Phi) is 4.14. The van der Waals surface area contributed by atoms with Crippen molar-refractivity contribution in [1.29, 1.82) is 5.26 Å². The van der Waals surface area contributed by atoms with Crippen molar-refractivity contribution in [1.82, 2.24) is 5.32 Å². The fourth-order valence-corrected chi connectivity index (χ4v) is 2.47. The van der Waals surface area contributed by atoms with E-state index in [0.29, 0.717) is 24.6 Å². The minimum atomic E-state index is -0.997. The highest BCUT2D eigenvalue weighted by Crippen LogP contribution is 2.27. The number of rotatable bonds is 4. The van der Waals surface area contributed by atoms with Gasteiger partial charge in [-0.05, 0) is 30.0 Å².